The fourth-order valence-electron chi connectivity index (χ4n) is 5.91. The van der Waals surface area contributed by atoms with E-state index in [1.807, 2.05) is 26.0 Å². The number of benzene rings is 2. The predicted octanol–water partition coefficient (Wildman–Crippen LogP) is 3.14. The van der Waals surface area contributed by atoms with Gasteiger partial charge in [0, 0.05) is 43.9 Å². The van der Waals surface area contributed by atoms with Crippen LogP contribution >= 0.6 is 0 Å². The molecule has 1 unspecified atom stereocenters. The van der Waals surface area contributed by atoms with Crippen LogP contribution in [0.15, 0.2) is 54.1 Å². The topological polar surface area (TPSA) is 99.6 Å². The average molecular weight is 534 g/mol. The summed E-state index contributed by atoms with van der Waals surface area (Å²) in [5.74, 6) is -1.76. The van der Waals surface area contributed by atoms with Crippen LogP contribution < -0.4 is 9.64 Å². The van der Waals surface area contributed by atoms with Crippen molar-refractivity contribution >= 4 is 29.0 Å². The fraction of sp³-hybridized carbons (Fsp3) is 0.433. The molecule has 39 heavy (non-hydrogen) atoms. The number of Topliss-reactive ketones (excluding diaryl/α,β-unsaturated/α-hetero) is 1. The zero-order chi connectivity index (χ0) is 27.6. The molecule has 2 amide bonds. The molecule has 3 heterocycles. The van der Waals surface area contributed by atoms with Crippen LogP contribution in [-0.2, 0) is 24.7 Å². The first-order valence-corrected chi connectivity index (χ1v) is 13.7. The molecule has 1 atom stereocenters. The number of hydrogen-bond donors (Lipinski definition) is 1. The van der Waals surface area contributed by atoms with Crippen molar-refractivity contribution in [3.63, 3.8) is 0 Å². The molecule has 2 saturated heterocycles. The molecule has 2 fully saturated rings. The molecule has 2 aromatic rings. The minimum Gasteiger partial charge on any atom is -0.507 e. The third-order valence-corrected chi connectivity index (χ3v) is 7.65. The Bertz CT molecular complexity index is 1280. The molecular weight excluding hydrogens is 498 g/mol. The molecule has 206 valence electrons. The van der Waals surface area contributed by atoms with Crippen LogP contribution in [0.4, 0.5) is 5.69 Å². The highest BCUT2D eigenvalue weighted by molar-refractivity contribution is 6.50. The lowest BCUT2D eigenvalue weighted by atomic mass is 9.82. The van der Waals surface area contributed by atoms with Gasteiger partial charge in [0.1, 0.15) is 11.5 Å². The third-order valence-electron chi connectivity index (χ3n) is 7.65. The molecule has 0 radical (unpaired) electrons. The van der Waals surface area contributed by atoms with Gasteiger partial charge in [0.05, 0.1) is 31.1 Å². The molecule has 9 nitrogen and oxygen atoms in total. The number of fused-ring (bicyclic) bond motifs is 2. The number of carbonyl (C=O) groups excluding carboxylic acids is 3. The summed E-state index contributed by atoms with van der Waals surface area (Å²) in [6, 6.07) is 13.9. The Morgan fingerprint density at radius 1 is 0.974 bits per heavy atom. The molecule has 3 aliphatic rings. The lowest BCUT2D eigenvalue weighted by molar-refractivity contribution is -0.143. The highest BCUT2D eigenvalue weighted by Gasteiger charge is 2.66. The maximum Gasteiger partial charge on any atom is 0.296 e. The highest BCUT2D eigenvalue weighted by Crippen LogP contribution is 2.53. The van der Waals surface area contributed by atoms with Gasteiger partial charge < -0.3 is 24.4 Å². The molecule has 3 aliphatic heterocycles. The number of likely N-dealkylation sites (tertiary alicyclic amines) is 1. The van der Waals surface area contributed by atoms with E-state index in [4.69, 9.17) is 9.47 Å². The SMILES string of the molecule is CCCN1C(=O)C2(C(=C(O)c3ccc(OCC)cc3)C(=O)C(=O)N2CCCN2CCOCC2)c2ccccc21. The van der Waals surface area contributed by atoms with Gasteiger partial charge in [-0.15, -0.1) is 0 Å². The first-order valence-electron chi connectivity index (χ1n) is 13.7. The largest absolute Gasteiger partial charge is 0.507 e. The van der Waals surface area contributed by atoms with Gasteiger partial charge in [0.2, 0.25) is 0 Å². The summed E-state index contributed by atoms with van der Waals surface area (Å²) in [7, 11) is 0. The highest BCUT2D eigenvalue weighted by atomic mass is 16.5. The van der Waals surface area contributed by atoms with Gasteiger partial charge in [-0.3, -0.25) is 19.3 Å². The van der Waals surface area contributed by atoms with E-state index in [1.54, 1.807) is 41.3 Å². The van der Waals surface area contributed by atoms with E-state index >= 15 is 0 Å². The number of ether oxygens (including phenoxy) is 2. The summed E-state index contributed by atoms with van der Waals surface area (Å²) in [5.41, 5.74) is -0.376. The van der Waals surface area contributed by atoms with Crippen LogP contribution in [0.1, 0.15) is 37.8 Å². The Morgan fingerprint density at radius 3 is 2.38 bits per heavy atom. The lowest BCUT2D eigenvalue weighted by Gasteiger charge is -2.35. The zero-order valence-electron chi connectivity index (χ0n) is 22.5. The van der Waals surface area contributed by atoms with E-state index in [9.17, 15) is 19.5 Å². The van der Waals surface area contributed by atoms with Crippen LogP contribution in [0.3, 0.4) is 0 Å². The first kappa shape index (κ1) is 26.9. The van der Waals surface area contributed by atoms with E-state index in [0.29, 0.717) is 68.3 Å². The molecule has 1 spiro atoms. The van der Waals surface area contributed by atoms with E-state index in [-0.39, 0.29) is 23.8 Å². The molecule has 0 aliphatic carbocycles. The summed E-state index contributed by atoms with van der Waals surface area (Å²) in [5, 5.41) is 11.6. The number of aliphatic hydroxyl groups is 1. The van der Waals surface area contributed by atoms with Crippen molar-refractivity contribution in [2.24, 2.45) is 0 Å². The van der Waals surface area contributed by atoms with Crippen molar-refractivity contribution in [3.8, 4) is 5.75 Å². The van der Waals surface area contributed by atoms with E-state index in [1.165, 1.54) is 4.90 Å². The Kier molecular flexibility index (Phi) is 7.72. The van der Waals surface area contributed by atoms with Crippen LogP contribution in [-0.4, -0.2) is 85.0 Å². The number of ketones is 1. The molecule has 0 aromatic heterocycles. The molecule has 9 heteroatoms. The fourth-order valence-corrected chi connectivity index (χ4v) is 5.91. The van der Waals surface area contributed by atoms with Crippen LogP contribution in [0, 0.1) is 0 Å². The number of aliphatic hydroxyl groups excluding tert-OH is 1. The summed E-state index contributed by atoms with van der Waals surface area (Å²) < 4.78 is 10.9. The van der Waals surface area contributed by atoms with E-state index < -0.39 is 17.2 Å². The van der Waals surface area contributed by atoms with E-state index in [0.717, 1.165) is 13.1 Å². The zero-order valence-corrected chi connectivity index (χ0v) is 22.5. The number of rotatable bonds is 9. The Hall–Kier alpha value is -3.69. The Labute approximate surface area is 228 Å². The van der Waals surface area contributed by atoms with Crippen molar-refractivity contribution in [2.45, 2.75) is 32.2 Å². The second-order valence-electron chi connectivity index (χ2n) is 9.96. The molecule has 5 rings (SSSR count). The number of morpholine rings is 1. The van der Waals surface area contributed by atoms with Gasteiger partial charge in [-0.1, -0.05) is 25.1 Å². The lowest BCUT2D eigenvalue weighted by Crippen LogP contribution is -2.52. The normalized spacial score (nSPS) is 22.7. The minimum absolute atomic E-state index is 0.181. The third kappa shape index (κ3) is 4.49. The van der Waals surface area contributed by atoms with Crippen LogP contribution in [0.5, 0.6) is 5.75 Å². The van der Waals surface area contributed by atoms with E-state index in [2.05, 4.69) is 4.90 Å². The van der Waals surface area contributed by atoms with Crippen molar-refractivity contribution in [3.05, 3.63) is 65.2 Å². The number of anilines is 1. The maximum absolute atomic E-state index is 14.4. The number of nitrogens with zero attached hydrogens (tertiary/aromatic N) is 3. The summed E-state index contributed by atoms with van der Waals surface area (Å²) in [4.78, 5) is 47.1. The van der Waals surface area contributed by atoms with Gasteiger partial charge in [0.15, 0.2) is 5.54 Å². The monoisotopic (exact) mass is 533 g/mol. The number of para-hydroxylation sites is 1. The van der Waals surface area contributed by atoms with Crippen molar-refractivity contribution in [1.29, 1.82) is 0 Å². The van der Waals surface area contributed by atoms with Gasteiger partial charge in [0.25, 0.3) is 17.6 Å². The van der Waals surface area contributed by atoms with Gasteiger partial charge in [-0.05, 0) is 50.1 Å². The van der Waals surface area contributed by atoms with Crippen molar-refractivity contribution in [2.75, 3.05) is 57.4 Å². The van der Waals surface area contributed by atoms with Crippen molar-refractivity contribution in [1.82, 2.24) is 9.80 Å². The number of amides is 2. The smallest absolute Gasteiger partial charge is 0.296 e. The minimum atomic E-state index is -1.73. The Morgan fingerprint density at radius 2 is 1.69 bits per heavy atom. The second kappa shape index (κ2) is 11.2. The van der Waals surface area contributed by atoms with Gasteiger partial charge >= 0.3 is 0 Å². The molecule has 2 aromatic carbocycles. The Balaban J connectivity index is 1.62. The predicted molar refractivity (Wildman–Crippen MR) is 147 cm³/mol. The maximum atomic E-state index is 14.4. The molecule has 0 saturated carbocycles. The quantitative estimate of drug-likeness (QED) is 0.300. The number of carbonyl (C=O) groups is 3. The van der Waals surface area contributed by atoms with Crippen LogP contribution in [0.2, 0.25) is 0 Å². The molecular formula is C30H35N3O6. The molecule has 0 bridgehead atoms. The van der Waals surface area contributed by atoms with Crippen molar-refractivity contribution < 1.29 is 29.0 Å². The summed E-state index contributed by atoms with van der Waals surface area (Å²) in [6.07, 6.45) is 1.26. The van der Waals surface area contributed by atoms with Crippen LogP contribution in [0.25, 0.3) is 5.76 Å². The first-order chi connectivity index (χ1) is 18.9. The number of hydrogen-bond acceptors (Lipinski definition) is 7. The summed E-state index contributed by atoms with van der Waals surface area (Å²) >= 11 is 0. The summed E-state index contributed by atoms with van der Waals surface area (Å²) in [6.45, 7) is 8.58. The molecule has 1 N–H and O–H groups in total. The average Bonchev–Trinajstić information content (AvgIpc) is 3.33. The van der Waals surface area contributed by atoms with Gasteiger partial charge in [-0.2, -0.15) is 0 Å². The standard InChI is InChI=1S/C30H35N3O6/c1-3-14-32-24-9-6-5-8-23(24)30(29(32)37)25(26(34)21-10-12-22(13-11-21)39-4-2)27(35)28(36)33(30)16-7-15-31-17-19-38-20-18-31/h5-6,8-13,34H,3-4,7,14-20H2,1-2H3. The second-order valence-corrected chi connectivity index (χ2v) is 9.96. The van der Waals surface area contributed by atoms with Gasteiger partial charge in [-0.25, -0.2) is 0 Å².